The number of amides is 1. The molecule has 1 saturated heterocycles. The van der Waals surface area contributed by atoms with Crippen molar-refractivity contribution in [3.05, 3.63) is 51.9 Å². The lowest BCUT2D eigenvalue weighted by Crippen LogP contribution is -2.38. The van der Waals surface area contributed by atoms with Crippen molar-refractivity contribution < 1.29 is 33.7 Å². The molecule has 0 radical (unpaired) electrons. The van der Waals surface area contributed by atoms with Gasteiger partial charge in [-0.3, -0.25) is 9.59 Å². The fraction of sp³-hybridized carbons (Fsp3) is 0.464. The van der Waals surface area contributed by atoms with E-state index in [1.165, 1.54) is 19.1 Å². The molecule has 1 aromatic carbocycles. The number of ether oxygens (including phenoxy) is 3. The summed E-state index contributed by atoms with van der Waals surface area (Å²) in [6.07, 6.45) is 0. The van der Waals surface area contributed by atoms with Gasteiger partial charge in [0.25, 0.3) is 11.7 Å². The molecule has 206 valence electrons. The second kappa shape index (κ2) is 12.2. The van der Waals surface area contributed by atoms with Crippen LogP contribution < -0.4 is 9.47 Å². The normalized spacial score (nSPS) is 16.8. The lowest BCUT2D eigenvalue weighted by molar-refractivity contribution is -0.140. The van der Waals surface area contributed by atoms with Gasteiger partial charge in [-0.05, 0) is 57.1 Å². The number of H-pyrrole nitrogens is 1. The third-order valence-corrected chi connectivity index (χ3v) is 6.96. The number of benzene rings is 1. The van der Waals surface area contributed by atoms with Crippen LogP contribution in [0.2, 0.25) is 0 Å². The summed E-state index contributed by atoms with van der Waals surface area (Å²) >= 11 is 0. The monoisotopic (exact) mass is 527 g/mol. The molecule has 3 rings (SSSR count). The zero-order valence-corrected chi connectivity index (χ0v) is 23.1. The zero-order chi connectivity index (χ0) is 28.1. The number of nitrogens with one attached hydrogen (secondary N) is 1. The Hall–Kier alpha value is -3.79. The van der Waals surface area contributed by atoms with E-state index >= 15 is 0 Å². The van der Waals surface area contributed by atoms with E-state index in [4.69, 9.17) is 14.2 Å². The molecule has 1 aliphatic rings. The number of nitrogens with zero attached hydrogens (tertiary/aromatic N) is 2. The minimum absolute atomic E-state index is 0.0534. The number of hydrogen-bond donors (Lipinski definition) is 2. The van der Waals surface area contributed by atoms with Crippen molar-refractivity contribution in [3.63, 3.8) is 0 Å². The summed E-state index contributed by atoms with van der Waals surface area (Å²) in [6, 6.07) is 4.34. The maximum Gasteiger partial charge on any atom is 0.354 e. The summed E-state index contributed by atoms with van der Waals surface area (Å²) in [5.74, 6) is -1.47. The highest BCUT2D eigenvalue weighted by molar-refractivity contribution is 6.46. The molecule has 1 atom stereocenters. The average molecular weight is 528 g/mol. The van der Waals surface area contributed by atoms with E-state index < -0.39 is 23.7 Å². The molecule has 0 saturated carbocycles. The van der Waals surface area contributed by atoms with Gasteiger partial charge in [0.05, 0.1) is 32.4 Å². The van der Waals surface area contributed by atoms with Crippen LogP contribution in [0.1, 0.15) is 59.7 Å². The number of carbonyl (C=O) groups excluding carboxylic acids is 3. The Morgan fingerprint density at radius 3 is 2.37 bits per heavy atom. The highest BCUT2D eigenvalue weighted by Crippen LogP contribution is 2.43. The Kier molecular flexibility index (Phi) is 9.22. The first kappa shape index (κ1) is 28.8. The lowest BCUT2D eigenvalue weighted by Gasteiger charge is -2.28. The highest BCUT2D eigenvalue weighted by atomic mass is 16.5. The Labute approximate surface area is 223 Å². The molecule has 10 nitrogen and oxygen atoms in total. The van der Waals surface area contributed by atoms with Gasteiger partial charge in [0, 0.05) is 24.3 Å². The Balaban J connectivity index is 2.23. The summed E-state index contributed by atoms with van der Waals surface area (Å²) in [4.78, 5) is 45.6. The smallest absolute Gasteiger partial charge is 0.354 e. The Bertz CT molecular complexity index is 1240. The predicted molar refractivity (Wildman–Crippen MR) is 143 cm³/mol. The van der Waals surface area contributed by atoms with Gasteiger partial charge in [-0.1, -0.05) is 19.9 Å². The number of ketones is 1. The van der Waals surface area contributed by atoms with Crippen molar-refractivity contribution in [2.75, 3.05) is 47.0 Å². The van der Waals surface area contributed by atoms with Crippen LogP contribution in [0.4, 0.5) is 0 Å². The second-order valence-electron chi connectivity index (χ2n) is 8.98. The van der Waals surface area contributed by atoms with Crippen molar-refractivity contribution in [3.8, 4) is 11.5 Å². The number of likely N-dealkylation sites (tertiary alicyclic amines) is 1. The minimum atomic E-state index is -0.870. The van der Waals surface area contributed by atoms with Crippen molar-refractivity contribution in [1.82, 2.24) is 14.8 Å². The molecule has 0 spiro atoms. The van der Waals surface area contributed by atoms with Gasteiger partial charge in [-0.15, -0.1) is 0 Å². The van der Waals surface area contributed by atoms with E-state index in [9.17, 15) is 19.5 Å². The molecule has 0 bridgehead atoms. The van der Waals surface area contributed by atoms with E-state index in [1.807, 2.05) is 20.8 Å². The van der Waals surface area contributed by atoms with Gasteiger partial charge in [0.2, 0.25) is 0 Å². The van der Waals surface area contributed by atoms with Gasteiger partial charge < -0.3 is 34.1 Å². The van der Waals surface area contributed by atoms with Crippen LogP contribution in [-0.2, 0) is 14.3 Å². The number of aliphatic hydroxyl groups excluding tert-OH is 1. The lowest BCUT2D eigenvalue weighted by atomic mass is 9.93. The van der Waals surface area contributed by atoms with Crippen molar-refractivity contribution >= 4 is 23.4 Å². The summed E-state index contributed by atoms with van der Waals surface area (Å²) in [5.41, 5.74) is 1.88. The molecule has 1 aliphatic heterocycles. The SMILES string of the molecule is CCOc1ccc(C2/C(=C(\O)c3c(C)[nH]c(C(=O)OC)c3C)C(=O)C(=O)N2CCN(CC)CC)cc1OC. The largest absolute Gasteiger partial charge is 0.507 e. The molecule has 1 unspecified atom stereocenters. The number of methoxy groups -OCH3 is 2. The third-order valence-electron chi connectivity index (χ3n) is 6.96. The molecule has 2 N–H and O–H groups in total. The van der Waals surface area contributed by atoms with Crippen LogP contribution in [-0.4, -0.2) is 84.6 Å². The van der Waals surface area contributed by atoms with Gasteiger partial charge >= 0.3 is 5.97 Å². The summed E-state index contributed by atoms with van der Waals surface area (Å²) < 4.78 is 16.0. The van der Waals surface area contributed by atoms with Crippen molar-refractivity contribution in [2.45, 2.75) is 40.7 Å². The number of aliphatic hydroxyl groups is 1. The predicted octanol–water partition coefficient (Wildman–Crippen LogP) is 3.59. The number of aromatic nitrogens is 1. The number of aryl methyl sites for hydroxylation is 1. The number of carbonyl (C=O) groups is 3. The quantitative estimate of drug-likeness (QED) is 0.197. The van der Waals surface area contributed by atoms with Crippen LogP contribution in [0, 0.1) is 13.8 Å². The van der Waals surface area contributed by atoms with Crippen LogP contribution in [0.5, 0.6) is 11.5 Å². The fourth-order valence-corrected chi connectivity index (χ4v) is 4.92. The molecular formula is C28H37N3O7. The molecule has 10 heteroatoms. The number of likely N-dealkylation sites (N-methyl/N-ethyl adjacent to an activating group) is 1. The first-order chi connectivity index (χ1) is 18.1. The van der Waals surface area contributed by atoms with Crippen molar-refractivity contribution in [1.29, 1.82) is 0 Å². The van der Waals surface area contributed by atoms with Crippen molar-refractivity contribution in [2.24, 2.45) is 0 Å². The minimum Gasteiger partial charge on any atom is -0.507 e. The van der Waals surface area contributed by atoms with Crippen LogP contribution >= 0.6 is 0 Å². The molecule has 1 amide bonds. The maximum atomic E-state index is 13.5. The van der Waals surface area contributed by atoms with Gasteiger partial charge in [0.1, 0.15) is 11.5 Å². The highest BCUT2D eigenvalue weighted by Gasteiger charge is 2.46. The van der Waals surface area contributed by atoms with Crippen LogP contribution in [0.15, 0.2) is 23.8 Å². The van der Waals surface area contributed by atoms with E-state index in [-0.39, 0.29) is 29.1 Å². The third kappa shape index (κ3) is 5.26. The molecule has 1 fully saturated rings. The fourth-order valence-electron chi connectivity index (χ4n) is 4.92. The number of Topliss-reactive ketones (excluding diaryl/α,β-unsaturated/α-hetero) is 1. The first-order valence-corrected chi connectivity index (χ1v) is 12.7. The van der Waals surface area contributed by atoms with Gasteiger partial charge in [-0.2, -0.15) is 0 Å². The molecular weight excluding hydrogens is 490 g/mol. The standard InChI is InChI=1S/C28H37N3O7/c1-8-30(9-2)13-14-31-24(18-11-12-19(38-10-3)20(15-18)36-6)22(26(33)27(31)34)25(32)21-16(4)23(28(35)37-7)29-17(21)5/h11-12,15,24,29,32H,8-10,13-14H2,1-7H3/b25-22+. The molecule has 0 aliphatic carbocycles. The summed E-state index contributed by atoms with van der Waals surface area (Å²) in [6.45, 7) is 12.1. The molecule has 2 heterocycles. The number of hydrogen-bond acceptors (Lipinski definition) is 8. The topological polar surface area (TPSA) is 121 Å². The number of esters is 1. The average Bonchev–Trinajstić information content (AvgIpc) is 3.35. The van der Waals surface area contributed by atoms with E-state index in [1.54, 1.807) is 32.0 Å². The molecule has 38 heavy (non-hydrogen) atoms. The van der Waals surface area contributed by atoms with E-state index in [2.05, 4.69) is 9.88 Å². The van der Waals surface area contributed by atoms with Gasteiger partial charge in [0.15, 0.2) is 11.5 Å². The van der Waals surface area contributed by atoms with Crippen LogP contribution in [0.3, 0.4) is 0 Å². The molecule has 1 aromatic heterocycles. The summed E-state index contributed by atoms with van der Waals surface area (Å²) in [5, 5.41) is 11.6. The Morgan fingerprint density at radius 2 is 1.79 bits per heavy atom. The number of aromatic amines is 1. The maximum absolute atomic E-state index is 13.5. The van der Waals surface area contributed by atoms with E-state index in [0.717, 1.165) is 13.1 Å². The van der Waals surface area contributed by atoms with Gasteiger partial charge in [-0.25, -0.2) is 4.79 Å². The summed E-state index contributed by atoms with van der Waals surface area (Å²) in [7, 11) is 2.78. The first-order valence-electron chi connectivity index (χ1n) is 12.7. The second-order valence-corrected chi connectivity index (χ2v) is 8.98. The zero-order valence-electron chi connectivity index (χ0n) is 23.1. The van der Waals surface area contributed by atoms with Crippen LogP contribution in [0.25, 0.3) is 5.76 Å². The number of rotatable bonds is 11. The molecule has 2 aromatic rings. The Morgan fingerprint density at radius 1 is 1.11 bits per heavy atom. The van der Waals surface area contributed by atoms with E-state index in [0.29, 0.717) is 41.5 Å².